The van der Waals surface area contributed by atoms with Gasteiger partial charge in [0.15, 0.2) is 28.3 Å². The number of hydrogen-bond donors (Lipinski definition) is 5. The Labute approximate surface area is 145 Å². The molecule has 136 valence electrons. The number of benzene rings is 2. The van der Waals surface area contributed by atoms with Crippen LogP contribution in [0, 0.1) is 0 Å². The zero-order chi connectivity index (χ0) is 19.2. The summed E-state index contributed by atoms with van der Waals surface area (Å²) < 4.78 is 15.5. The van der Waals surface area contributed by atoms with Crippen molar-refractivity contribution in [1.29, 1.82) is 0 Å². The third-order valence-corrected chi connectivity index (χ3v) is 3.84. The van der Waals surface area contributed by atoms with Gasteiger partial charge in [-0.25, -0.2) is 0 Å². The molecule has 0 saturated carbocycles. The third kappa shape index (κ3) is 2.37. The molecule has 1 heterocycles. The van der Waals surface area contributed by atoms with E-state index in [2.05, 4.69) is 0 Å². The normalized spacial score (nSPS) is 10.8. The van der Waals surface area contributed by atoms with Crippen molar-refractivity contribution in [3.05, 3.63) is 28.4 Å². The second-order valence-electron chi connectivity index (χ2n) is 5.30. The Kier molecular flexibility index (Phi) is 3.91. The first-order chi connectivity index (χ1) is 12.3. The zero-order valence-corrected chi connectivity index (χ0v) is 13.6. The Morgan fingerprint density at radius 2 is 1.31 bits per heavy atom. The van der Waals surface area contributed by atoms with Crippen LogP contribution in [0.4, 0.5) is 0 Å². The fourth-order valence-electron chi connectivity index (χ4n) is 2.51. The van der Waals surface area contributed by atoms with Gasteiger partial charge in [0.25, 0.3) is 0 Å². The number of ether oxygens (including phenoxy) is 2. The number of phenols is 5. The fourth-order valence-corrected chi connectivity index (χ4v) is 2.51. The molecule has 0 saturated heterocycles. The van der Waals surface area contributed by atoms with Crippen LogP contribution in [0.1, 0.15) is 0 Å². The van der Waals surface area contributed by atoms with Gasteiger partial charge in [-0.3, -0.25) is 4.79 Å². The van der Waals surface area contributed by atoms with Crippen LogP contribution in [0.15, 0.2) is 27.4 Å². The molecular formula is C17H14O9. The van der Waals surface area contributed by atoms with Crippen molar-refractivity contribution >= 4 is 11.0 Å². The van der Waals surface area contributed by atoms with Crippen LogP contribution in [0.3, 0.4) is 0 Å². The lowest BCUT2D eigenvalue weighted by atomic mass is 10.1. The molecule has 3 aromatic rings. The summed E-state index contributed by atoms with van der Waals surface area (Å²) in [5.74, 6) is -4.14. The van der Waals surface area contributed by atoms with Crippen LogP contribution in [0.25, 0.3) is 22.3 Å². The van der Waals surface area contributed by atoms with Gasteiger partial charge in [-0.1, -0.05) is 0 Å². The molecule has 0 fully saturated rings. The molecule has 9 heteroatoms. The Morgan fingerprint density at radius 3 is 1.85 bits per heavy atom. The van der Waals surface area contributed by atoms with Crippen molar-refractivity contribution in [2.24, 2.45) is 0 Å². The molecule has 5 N–H and O–H groups in total. The second kappa shape index (κ2) is 5.96. The average molecular weight is 362 g/mol. The van der Waals surface area contributed by atoms with E-state index in [1.54, 1.807) is 0 Å². The van der Waals surface area contributed by atoms with E-state index < -0.39 is 39.4 Å². The minimum Gasteiger partial charge on any atom is -0.504 e. The first kappa shape index (κ1) is 17.1. The van der Waals surface area contributed by atoms with Crippen LogP contribution in [-0.4, -0.2) is 39.8 Å². The van der Waals surface area contributed by atoms with E-state index in [0.717, 1.165) is 6.07 Å². The predicted octanol–water partition coefficient (Wildman–Crippen LogP) is 2.01. The molecule has 0 aliphatic carbocycles. The number of hydrogen-bond acceptors (Lipinski definition) is 9. The largest absolute Gasteiger partial charge is 0.504 e. The summed E-state index contributed by atoms with van der Waals surface area (Å²) in [6, 6.07) is 3.72. The summed E-state index contributed by atoms with van der Waals surface area (Å²) in [6.07, 6.45) is 0. The number of aromatic hydroxyl groups is 5. The fraction of sp³-hybridized carbons (Fsp3) is 0.118. The SMILES string of the molecule is COc1cc(-c2cc(=O)c3c(O)c(O)c(O)c(O)c3o2)cc(OC)c1O. The standard InChI is InChI=1S/C17H14O9/c1-24-9-3-6(4-10(25-2)12(9)19)8-5-7(18)11-13(20)14(21)15(22)16(23)17(11)26-8/h3-5,19-23H,1-2H3. The Bertz CT molecular complexity index is 1060. The minimum absolute atomic E-state index is 0.0442. The Balaban J connectivity index is 2.37. The average Bonchev–Trinajstić information content (AvgIpc) is 2.64. The van der Waals surface area contributed by atoms with E-state index in [1.807, 2.05) is 0 Å². The van der Waals surface area contributed by atoms with Crippen molar-refractivity contribution < 1.29 is 39.4 Å². The Hall–Kier alpha value is -3.75. The highest BCUT2D eigenvalue weighted by Crippen LogP contribution is 2.48. The van der Waals surface area contributed by atoms with Crippen LogP contribution < -0.4 is 14.9 Å². The molecule has 0 unspecified atom stereocenters. The highest BCUT2D eigenvalue weighted by atomic mass is 16.5. The molecule has 0 spiro atoms. The van der Waals surface area contributed by atoms with Gasteiger partial charge >= 0.3 is 0 Å². The lowest BCUT2D eigenvalue weighted by molar-refractivity contribution is 0.340. The predicted molar refractivity (Wildman–Crippen MR) is 89.3 cm³/mol. The van der Waals surface area contributed by atoms with Gasteiger partial charge in [-0.05, 0) is 12.1 Å². The second-order valence-corrected chi connectivity index (χ2v) is 5.30. The highest BCUT2D eigenvalue weighted by Gasteiger charge is 2.23. The molecule has 0 aliphatic heterocycles. The van der Waals surface area contributed by atoms with Gasteiger partial charge < -0.3 is 39.4 Å². The molecule has 9 nitrogen and oxygen atoms in total. The molecule has 0 aliphatic rings. The van der Waals surface area contributed by atoms with Gasteiger partial charge in [0, 0.05) is 11.6 Å². The first-order valence-electron chi connectivity index (χ1n) is 7.19. The number of phenolic OH excluding ortho intramolecular Hbond substituents is 5. The van der Waals surface area contributed by atoms with Crippen molar-refractivity contribution in [2.75, 3.05) is 14.2 Å². The van der Waals surface area contributed by atoms with Gasteiger partial charge in [0.05, 0.1) is 14.2 Å². The monoisotopic (exact) mass is 362 g/mol. The maximum absolute atomic E-state index is 12.3. The molecule has 26 heavy (non-hydrogen) atoms. The summed E-state index contributed by atoms with van der Waals surface area (Å²) in [7, 11) is 2.64. The van der Waals surface area contributed by atoms with E-state index in [4.69, 9.17) is 13.9 Å². The van der Waals surface area contributed by atoms with Crippen LogP contribution >= 0.6 is 0 Å². The van der Waals surface area contributed by atoms with E-state index >= 15 is 0 Å². The molecule has 2 aromatic carbocycles. The molecule has 3 rings (SSSR count). The summed E-state index contributed by atoms with van der Waals surface area (Å²) in [6.45, 7) is 0. The number of fused-ring (bicyclic) bond motifs is 1. The smallest absolute Gasteiger partial charge is 0.208 e. The highest BCUT2D eigenvalue weighted by molar-refractivity contribution is 5.94. The van der Waals surface area contributed by atoms with Gasteiger partial charge in [0.1, 0.15) is 11.1 Å². The molecule has 0 bridgehead atoms. The van der Waals surface area contributed by atoms with Crippen LogP contribution in [0.2, 0.25) is 0 Å². The van der Waals surface area contributed by atoms with Crippen molar-refractivity contribution in [2.45, 2.75) is 0 Å². The van der Waals surface area contributed by atoms with Crippen molar-refractivity contribution in [3.63, 3.8) is 0 Å². The quantitative estimate of drug-likeness (QED) is 0.348. The number of rotatable bonds is 3. The molecule has 0 radical (unpaired) electrons. The zero-order valence-electron chi connectivity index (χ0n) is 13.6. The van der Waals surface area contributed by atoms with Gasteiger partial charge in [-0.15, -0.1) is 0 Å². The summed E-state index contributed by atoms with van der Waals surface area (Å²) >= 11 is 0. The molecule has 1 aromatic heterocycles. The molecule has 0 atom stereocenters. The van der Waals surface area contributed by atoms with Gasteiger partial charge in [0.2, 0.25) is 23.0 Å². The van der Waals surface area contributed by atoms with Gasteiger partial charge in [-0.2, -0.15) is 0 Å². The van der Waals surface area contributed by atoms with E-state index in [0.29, 0.717) is 0 Å². The maximum Gasteiger partial charge on any atom is 0.208 e. The summed E-state index contributed by atoms with van der Waals surface area (Å²) in [4.78, 5) is 12.3. The van der Waals surface area contributed by atoms with E-state index in [-0.39, 0.29) is 28.6 Å². The summed E-state index contributed by atoms with van der Waals surface area (Å²) in [5.41, 5.74) is -1.05. The maximum atomic E-state index is 12.3. The molecular weight excluding hydrogens is 348 g/mol. The van der Waals surface area contributed by atoms with Crippen molar-refractivity contribution in [3.8, 4) is 51.6 Å². The number of methoxy groups -OCH3 is 2. The topological polar surface area (TPSA) is 150 Å². The Morgan fingerprint density at radius 1 is 0.769 bits per heavy atom. The van der Waals surface area contributed by atoms with E-state index in [9.17, 15) is 30.3 Å². The lowest BCUT2D eigenvalue weighted by Gasteiger charge is -2.12. The van der Waals surface area contributed by atoms with Crippen molar-refractivity contribution in [1.82, 2.24) is 0 Å². The minimum atomic E-state index is -1.04. The molecule has 0 amide bonds. The summed E-state index contributed by atoms with van der Waals surface area (Å²) in [5, 5.41) is 48.5. The lowest BCUT2D eigenvalue weighted by Crippen LogP contribution is -2.01. The first-order valence-corrected chi connectivity index (χ1v) is 7.19. The van der Waals surface area contributed by atoms with E-state index in [1.165, 1.54) is 26.4 Å². The van der Waals surface area contributed by atoms with Crippen LogP contribution in [0.5, 0.6) is 40.2 Å². The third-order valence-electron chi connectivity index (χ3n) is 3.84. The van der Waals surface area contributed by atoms with Crippen LogP contribution in [-0.2, 0) is 0 Å².